The van der Waals surface area contributed by atoms with Crippen LogP contribution in [0.15, 0.2) is 24.3 Å². The summed E-state index contributed by atoms with van der Waals surface area (Å²) in [5, 5.41) is 0. The number of likely N-dealkylation sites (N-methyl/N-ethyl adjacent to an activating group) is 1. The Morgan fingerprint density at radius 2 is 2.15 bits per heavy atom. The minimum Gasteiger partial charge on any atom is -0.482 e. The second-order valence-electron chi connectivity index (χ2n) is 9.95. The molecule has 5 rings (SSSR count). The number of hydrogen-bond acceptors (Lipinski definition) is 7. The summed E-state index contributed by atoms with van der Waals surface area (Å²) in [5.41, 5.74) is 2.42. The lowest BCUT2D eigenvalue weighted by atomic mass is 9.53. The van der Waals surface area contributed by atoms with Gasteiger partial charge in [-0.1, -0.05) is 38.0 Å². The van der Waals surface area contributed by atoms with E-state index in [0.717, 1.165) is 38.0 Å². The lowest BCUT2D eigenvalue weighted by Gasteiger charge is -2.57. The summed E-state index contributed by atoms with van der Waals surface area (Å²) < 4.78 is 29.8. The summed E-state index contributed by atoms with van der Waals surface area (Å²) in [6, 6.07) is 4.61. The van der Waals surface area contributed by atoms with Crippen molar-refractivity contribution in [3.8, 4) is 11.5 Å². The first-order chi connectivity index (χ1) is 16.5. The molecule has 2 aliphatic carbocycles. The molecular formula is C27H37NO6. The molecule has 1 spiro atoms. The molecule has 1 fully saturated rings. The van der Waals surface area contributed by atoms with E-state index in [-0.39, 0.29) is 30.4 Å². The van der Waals surface area contributed by atoms with Crippen LogP contribution < -0.4 is 9.47 Å². The Labute approximate surface area is 202 Å². The first kappa shape index (κ1) is 23.6. The minimum atomic E-state index is -0.593. The fourth-order valence-corrected chi connectivity index (χ4v) is 6.62. The number of rotatable bonds is 10. The Balaban J connectivity index is 1.53. The molecule has 1 aromatic rings. The Kier molecular flexibility index (Phi) is 6.62. The molecule has 7 heteroatoms. The Hall–Kier alpha value is -2.09. The van der Waals surface area contributed by atoms with Crippen LogP contribution in [0.5, 0.6) is 11.5 Å². The van der Waals surface area contributed by atoms with E-state index >= 15 is 0 Å². The molecule has 2 heterocycles. The van der Waals surface area contributed by atoms with E-state index in [1.807, 2.05) is 13.0 Å². The van der Waals surface area contributed by atoms with Gasteiger partial charge in [0.2, 0.25) is 0 Å². The number of nitrogens with zero attached hydrogens (tertiary/aromatic N) is 1. The molecule has 6 atom stereocenters. The molecule has 34 heavy (non-hydrogen) atoms. The van der Waals surface area contributed by atoms with Crippen LogP contribution in [0.4, 0.5) is 0 Å². The molecule has 0 saturated carbocycles. The van der Waals surface area contributed by atoms with Crippen LogP contribution in [0, 0.1) is 5.92 Å². The van der Waals surface area contributed by atoms with Gasteiger partial charge in [0.1, 0.15) is 12.2 Å². The third kappa shape index (κ3) is 3.64. The molecule has 0 N–H and O–H groups in total. The number of likely N-dealkylation sites (tertiary alicyclic amines) is 1. The smallest absolute Gasteiger partial charge is 0.335 e. The van der Waals surface area contributed by atoms with Crippen LogP contribution in [0.2, 0.25) is 0 Å². The second-order valence-corrected chi connectivity index (χ2v) is 9.95. The van der Waals surface area contributed by atoms with Gasteiger partial charge in [-0.2, -0.15) is 0 Å². The van der Waals surface area contributed by atoms with Gasteiger partial charge >= 0.3 is 5.97 Å². The van der Waals surface area contributed by atoms with Gasteiger partial charge in [0.25, 0.3) is 0 Å². The summed E-state index contributed by atoms with van der Waals surface area (Å²) in [7, 11) is 3.84. The normalized spacial score (nSPS) is 31.5. The van der Waals surface area contributed by atoms with E-state index in [4.69, 9.17) is 23.7 Å². The predicted octanol–water partition coefficient (Wildman–Crippen LogP) is 3.62. The predicted molar refractivity (Wildman–Crippen MR) is 127 cm³/mol. The van der Waals surface area contributed by atoms with Crippen LogP contribution in [0.1, 0.15) is 50.7 Å². The van der Waals surface area contributed by atoms with Crippen molar-refractivity contribution in [3.63, 3.8) is 0 Å². The molecule has 3 unspecified atom stereocenters. The van der Waals surface area contributed by atoms with Gasteiger partial charge in [0.05, 0.1) is 6.61 Å². The number of hydrogen-bond donors (Lipinski definition) is 0. The fourth-order valence-electron chi connectivity index (χ4n) is 6.62. The highest BCUT2D eigenvalue weighted by Crippen LogP contribution is 2.62. The van der Waals surface area contributed by atoms with Crippen molar-refractivity contribution >= 4 is 5.97 Å². The topological polar surface area (TPSA) is 66.5 Å². The zero-order valence-electron chi connectivity index (χ0n) is 20.7. The summed E-state index contributed by atoms with van der Waals surface area (Å²) >= 11 is 0. The van der Waals surface area contributed by atoms with E-state index in [0.29, 0.717) is 30.7 Å². The highest BCUT2D eigenvalue weighted by Gasteiger charge is 2.64. The maximum absolute atomic E-state index is 12.7. The molecule has 4 aliphatic rings. The van der Waals surface area contributed by atoms with Gasteiger partial charge in [-0.25, -0.2) is 4.79 Å². The molecular weight excluding hydrogens is 434 g/mol. The molecule has 7 nitrogen and oxygen atoms in total. The van der Waals surface area contributed by atoms with Crippen molar-refractivity contribution < 1.29 is 28.5 Å². The number of carbonyl (C=O) groups is 1. The molecule has 186 valence electrons. The number of benzene rings is 1. The molecule has 2 bridgehead atoms. The number of esters is 1. The minimum absolute atomic E-state index is 0.168. The second kappa shape index (κ2) is 9.51. The first-order valence-electron chi connectivity index (χ1n) is 12.7. The van der Waals surface area contributed by atoms with E-state index < -0.39 is 6.10 Å². The highest BCUT2D eigenvalue weighted by molar-refractivity contribution is 5.74. The fraction of sp³-hybridized carbons (Fsp3) is 0.667. The van der Waals surface area contributed by atoms with Gasteiger partial charge < -0.3 is 28.6 Å². The van der Waals surface area contributed by atoms with Gasteiger partial charge in [-0.3, -0.25) is 0 Å². The van der Waals surface area contributed by atoms with Crippen molar-refractivity contribution in [3.05, 3.63) is 35.4 Å². The average molecular weight is 472 g/mol. The van der Waals surface area contributed by atoms with E-state index in [2.05, 4.69) is 37.1 Å². The number of piperidine rings is 1. The Morgan fingerprint density at radius 3 is 2.91 bits per heavy atom. The number of carbonyl (C=O) groups excluding carboxylic acids is 1. The zero-order chi connectivity index (χ0) is 23.9. The summed E-state index contributed by atoms with van der Waals surface area (Å²) in [6.07, 6.45) is 7.84. The SMILES string of the molecule is CCCCC(OC1C=C[C@H]2[C@H]3Cc4ccc(OCOC)c5c4[C@@]2(CCN3C)C1O5)C(=O)OCC. The van der Waals surface area contributed by atoms with Crippen molar-refractivity contribution in [2.24, 2.45) is 5.92 Å². The Bertz CT molecular complexity index is 947. The van der Waals surface area contributed by atoms with Crippen LogP contribution in [0.25, 0.3) is 0 Å². The van der Waals surface area contributed by atoms with E-state index in [9.17, 15) is 4.79 Å². The molecule has 2 aliphatic heterocycles. The molecule has 0 radical (unpaired) electrons. The monoisotopic (exact) mass is 471 g/mol. The first-order valence-corrected chi connectivity index (χ1v) is 12.7. The maximum Gasteiger partial charge on any atom is 0.335 e. The zero-order valence-corrected chi connectivity index (χ0v) is 20.7. The standard InChI is InChI=1S/C27H37NO6/c1-5-7-8-22(26(29)31-6-2)33-21-12-10-18-19-15-17-9-11-20(32-16-30-4)24-23(17)27(18,25(21)34-24)13-14-28(19)3/h9-12,18-19,21-22,25H,5-8,13-16H2,1-4H3/t18-,19+,21?,22?,25?,27-/m0/s1. The maximum atomic E-state index is 12.7. The third-order valence-electron chi connectivity index (χ3n) is 8.14. The molecule has 1 saturated heterocycles. The Morgan fingerprint density at radius 1 is 1.29 bits per heavy atom. The van der Waals surface area contributed by atoms with Crippen molar-refractivity contribution in [2.45, 2.75) is 75.7 Å². The lowest BCUT2D eigenvalue weighted by molar-refractivity contribution is -0.166. The van der Waals surface area contributed by atoms with Crippen LogP contribution in [-0.4, -0.2) is 69.3 Å². The average Bonchev–Trinajstić information content (AvgIpc) is 3.19. The van der Waals surface area contributed by atoms with E-state index in [1.54, 1.807) is 7.11 Å². The number of methoxy groups -OCH3 is 1. The quantitative estimate of drug-likeness (QED) is 0.293. The highest BCUT2D eigenvalue weighted by atomic mass is 16.7. The van der Waals surface area contributed by atoms with E-state index in [1.165, 1.54) is 11.1 Å². The van der Waals surface area contributed by atoms with Gasteiger partial charge in [-0.05, 0) is 51.4 Å². The third-order valence-corrected chi connectivity index (χ3v) is 8.14. The van der Waals surface area contributed by atoms with Crippen LogP contribution in [0.3, 0.4) is 0 Å². The summed E-state index contributed by atoms with van der Waals surface area (Å²) in [4.78, 5) is 15.2. The van der Waals surface area contributed by atoms with Crippen molar-refractivity contribution in [1.82, 2.24) is 4.90 Å². The summed E-state index contributed by atoms with van der Waals surface area (Å²) in [5.74, 6) is 1.59. The molecule has 1 aromatic carbocycles. The van der Waals surface area contributed by atoms with Gasteiger partial charge in [-0.15, -0.1) is 0 Å². The van der Waals surface area contributed by atoms with Crippen molar-refractivity contribution in [2.75, 3.05) is 34.1 Å². The molecule has 0 aromatic heterocycles. The lowest BCUT2D eigenvalue weighted by Crippen LogP contribution is -2.65. The van der Waals surface area contributed by atoms with Gasteiger partial charge in [0, 0.05) is 30.0 Å². The number of ether oxygens (including phenoxy) is 5. The van der Waals surface area contributed by atoms with Crippen LogP contribution in [-0.2, 0) is 30.8 Å². The van der Waals surface area contributed by atoms with Crippen molar-refractivity contribution in [1.29, 1.82) is 0 Å². The largest absolute Gasteiger partial charge is 0.482 e. The van der Waals surface area contributed by atoms with Gasteiger partial charge in [0.15, 0.2) is 24.4 Å². The molecule has 0 amide bonds. The summed E-state index contributed by atoms with van der Waals surface area (Å²) in [6.45, 7) is 5.47. The van der Waals surface area contributed by atoms with Crippen LogP contribution >= 0.6 is 0 Å². The number of unbranched alkanes of at least 4 members (excludes halogenated alkanes) is 1.